The Balaban J connectivity index is 1.95. The van der Waals surface area contributed by atoms with E-state index in [1.54, 1.807) is 36.4 Å². The molecule has 0 fully saturated rings. The molecule has 24 heavy (non-hydrogen) atoms. The van der Waals surface area contributed by atoms with Gasteiger partial charge in [0, 0.05) is 0 Å². The fourth-order valence-electron chi connectivity index (χ4n) is 2.00. The molecule has 0 aromatic heterocycles. The summed E-state index contributed by atoms with van der Waals surface area (Å²) in [6.07, 6.45) is 0. The monoisotopic (exact) mass is 380 g/mol. The molecule has 3 nitrogen and oxygen atoms in total. The molecule has 0 unspecified atom stereocenters. The Kier molecular flexibility index (Phi) is 4.86. The molecule has 6 heteroatoms. The van der Waals surface area contributed by atoms with E-state index in [0.29, 0.717) is 17.2 Å². The second kappa shape index (κ2) is 6.90. The molecule has 0 atom stereocenters. The van der Waals surface area contributed by atoms with Gasteiger partial charge in [0.25, 0.3) is 0 Å². The van der Waals surface area contributed by atoms with Crippen LogP contribution in [0.5, 0.6) is 17.2 Å². The maximum atomic E-state index is 6.63. The van der Waals surface area contributed by atoms with E-state index < -0.39 is 5.99 Å². The van der Waals surface area contributed by atoms with Gasteiger partial charge >= 0.3 is 150 Å². The Labute approximate surface area is 150 Å². The van der Waals surface area contributed by atoms with Crippen LogP contribution in [0.2, 0.25) is 0 Å². The molecule has 0 heterocycles. The van der Waals surface area contributed by atoms with Crippen LogP contribution in [0.4, 0.5) is 0 Å². The van der Waals surface area contributed by atoms with E-state index in [2.05, 4.69) is 0 Å². The molecule has 0 amide bonds. The Morgan fingerprint density at radius 2 is 0.708 bits per heavy atom. The number of hydrogen-bond donors (Lipinski definition) is 0. The van der Waals surface area contributed by atoms with E-state index >= 15 is 0 Å². The van der Waals surface area contributed by atoms with Crippen molar-refractivity contribution in [2.24, 2.45) is 0 Å². The number of benzene rings is 3. The van der Waals surface area contributed by atoms with Crippen LogP contribution >= 0.6 is 28.5 Å². The third kappa shape index (κ3) is 4.55. The van der Waals surface area contributed by atoms with E-state index in [1.165, 1.54) is 0 Å². The van der Waals surface area contributed by atoms with E-state index in [9.17, 15) is 0 Å². The molecule has 0 bridgehead atoms. The van der Waals surface area contributed by atoms with Crippen molar-refractivity contribution in [3.05, 3.63) is 91.0 Å². The van der Waals surface area contributed by atoms with Crippen molar-refractivity contribution in [3.63, 3.8) is 0 Å². The molecule has 124 valence electrons. The summed E-state index contributed by atoms with van der Waals surface area (Å²) in [7, 11) is 0. The Morgan fingerprint density at radius 1 is 0.458 bits per heavy atom. The predicted octanol–water partition coefficient (Wildman–Crippen LogP) is 6.83. The summed E-state index contributed by atoms with van der Waals surface area (Å²) < 4.78 is 17.4. The second-order valence-corrected chi connectivity index (χ2v) is 10.9. The van der Waals surface area contributed by atoms with Crippen LogP contribution in [0.1, 0.15) is 0 Å². The molecular weight excluding hydrogens is 366 g/mol. The molecule has 0 saturated carbocycles. The molecule has 0 N–H and O–H groups in total. The summed E-state index contributed by atoms with van der Waals surface area (Å²) in [6, 6.07) is 26.8. The number of rotatable bonds is 6. The average molecular weight is 381 g/mol. The van der Waals surface area contributed by atoms with Gasteiger partial charge in [-0.15, -0.1) is 0 Å². The molecule has 0 saturated heterocycles. The van der Waals surface area contributed by atoms with Crippen LogP contribution in [0, 0.1) is 0 Å². The molecule has 3 aromatic carbocycles. The van der Waals surface area contributed by atoms with Gasteiger partial charge in [-0.3, -0.25) is 0 Å². The quantitative estimate of drug-likeness (QED) is 0.438. The van der Waals surface area contributed by atoms with Crippen LogP contribution in [0.25, 0.3) is 0 Å². The van der Waals surface area contributed by atoms with E-state index in [1.807, 2.05) is 54.6 Å². The van der Waals surface area contributed by atoms with Gasteiger partial charge in [0.1, 0.15) is 0 Å². The Morgan fingerprint density at radius 3 is 0.958 bits per heavy atom. The van der Waals surface area contributed by atoms with Gasteiger partial charge in [-0.1, -0.05) is 0 Å². The summed E-state index contributed by atoms with van der Waals surface area (Å²) in [5.74, 6) is -3.17. The van der Waals surface area contributed by atoms with E-state index in [-0.39, 0.29) is 0 Å². The van der Waals surface area contributed by atoms with Crippen LogP contribution in [-0.2, 0) is 0 Å². The van der Waals surface area contributed by atoms with Gasteiger partial charge in [0.2, 0.25) is 0 Å². The molecular formula is C18H15Cl2O3P. The minimum atomic E-state index is -4.52. The summed E-state index contributed by atoms with van der Waals surface area (Å²) >= 11 is 13.3. The first-order chi connectivity index (χ1) is 11.5. The summed E-state index contributed by atoms with van der Waals surface area (Å²) in [4.78, 5) is 0. The van der Waals surface area contributed by atoms with Gasteiger partial charge in [0.15, 0.2) is 0 Å². The van der Waals surface area contributed by atoms with Gasteiger partial charge in [-0.05, 0) is 0 Å². The SMILES string of the molecule is ClP(Cl)(Oc1ccccc1)(Oc1ccccc1)Oc1ccccc1. The number of halogens is 2. The molecule has 0 aliphatic rings. The van der Waals surface area contributed by atoms with Gasteiger partial charge < -0.3 is 0 Å². The topological polar surface area (TPSA) is 27.7 Å². The van der Waals surface area contributed by atoms with Crippen molar-refractivity contribution in [2.75, 3.05) is 0 Å². The minimum absolute atomic E-state index is 0.451. The van der Waals surface area contributed by atoms with Crippen molar-refractivity contribution in [3.8, 4) is 17.2 Å². The third-order valence-electron chi connectivity index (χ3n) is 2.98. The second-order valence-electron chi connectivity index (χ2n) is 4.91. The predicted molar refractivity (Wildman–Crippen MR) is 99.8 cm³/mol. The summed E-state index contributed by atoms with van der Waals surface area (Å²) in [5, 5.41) is 0. The Hall–Kier alpha value is -1.93. The van der Waals surface area contributed by atoms with Crippen molar-refractivity contribution in [1.82, 2.24) is 0 Å². The molecule has 0 aliphatic carbocycles. The standard InChI is InChI=1S/C18H15Cl2O3P/c19-24(20,21-16-10-4-1-5-11-16,22-17-12-6-2-7-13-17)23-18-14-8-3-9-15-18/h1-15H. The van der Waals surface area contributed by atoms with Crippen molar-refractivity contribution < 1.29 is 13.6 Å². The molecule has 0 radical (unpaired) electrons. The fourth-order valence-corrected chi connectivity index (χ4v) is 4.90. The fraction of sp³-hybridized carbons (Fsp3) is 0. The van der Waals surface area contributed by atoms with Crippen LogP contribution in [0.15, 0.2) is 91.0 Å². The van der Waals surface area contributed by atoms with Gasteiger partial charge in [0.05, 0.1) is 0 Å². The van der Waals surface area contributed by atoms with Crippen molar-refractivity contribution >= 4 is 28.5 Å². The molecule has 0 spiro atoms. The zero-order valence-electron chi connectivity index (χ0n) is 12.6. The third-order valence-corrected chi connectivity index (χ3v) is 5.71. The summed E-state index contributed by atoms with van der Waals surface area (Å²) in [6.45, 7) is 0. The molecule has 3 rings (SSSR count). The van der Waals surface area contributed by atoms with Gasteiger partial charge in [-0.25, -0.2) is 0 Å². The number of para-hydroxylation sites is 3. The first-order valence-electron chi connectivity index (χ1n) is 7.23. The van der Waals surface area contributed by atoms with E-state index in [0.717, 1.165) is 0 Å². The van der Waals surface area contributed by atoms with Crippen LogP contribution in [-0.4, -0.2) is 0 Å². The number of hydrogen-bond acceptors (Lipinski definition) is 3. The molecule has 3 aromatic rings. The van der Waals surface area contributed by atoms with Crippen LogP contribution < -0.4 is 13.6 Å². The summed E-state index contributed by atoms with van der Waals surface area (Å²) in [5.41, 5.74) is 0. The Bertz CT molecular complexity index is 675. The van der Waals surface area contributed by atoms with E-state index in [4.69, 9.17) is 36.1 Å². The average Bonchev–Trinajstić information content (AvgIpc) is 2.56. The normalized spacial score (nSPS) is 12.7. The van der Waals surface area contributed by atoms with Crippen molar-refractivity contribution in [1.29, 1.82) is 0 Å². The van der Waals surface area contributed by atoms with Crippen LogP contribution in [0.3, 0.4) is 0 Å². The zero-order chi connectivity index (χ0) is 16.9. The van der Waals surface area contributed by atoms with Crippen molar-refractivity contribution in [2.45, 2.75) is 0 Å². The first kappa shape index (κ1) is 16.9. The molecule has 0 aliphatic heterocycles. The zero-order valence-corrected chi connectivity index (χ0v) is 15.0. The maximum absolute atomic E-state index is 6.63. The van der Waals surface area contributed by atoms with Gasteiger partial charge in [-0.2, -0.15) is 0 Å². The first-order valence-corrected chi connectivity index (χ1v) is 11.0.